The maximum atomic E-state index is 12.5. The number of hydrogen-bond acceptors (Lipinski definition) is 5. The number of hydrogen-bond donors (Lipinski definition) is 1. The topological polar surface area (TPSA) is 85.6 Å². The van der Waals surface area contributed by atoms with Gasteiger partial charge in [-0.25, -0.2) is 17.9 Å². The summed E-state index contributed by atoms with van der Waals surface area (Å²) in [4.78, 5) is 4.66. The van der Waals surface area contributed by atoms with E-state index in [1.807, 2.05) is 53.2 Å². The Morgan fingerprint density at radius 2 is 1.72 bits per heavy atom. The van der Waals surface area contributed by atoms with Crippen LogP contribution in [0.4, 0.5) is 5.69 Å². The number of fused-ring (bicyclic) bond motifs is 1. The SMILES string of the molecule is CC(C)S(=O)(=O)Nc1cnn2c(C3CCCCC3)c(-c3ccc(OCc4ccccc4)cc3)cnc12. The Morgan fingerprint density at radius 1 is 1.00 bits per heavy atom. The first-order valence-electron chi connectivity index (χ1n) is 12.6. The Morgan fingerprint density at radius 3 is 2.42 bits per heavy atom. The fourth-order valence-electron chi connectivity index (χ4n) is 4.75. The Balaban J connectivity index is 1.49. The zero-order chi connectivity index (χ0) is 25.1. The fraction of sp³-hybridized carbons (Fsp3) is 0.357. The number of rotatable bonds is 8. The van der Waals surface area contributed by atoms with Crippen LogP contribution in [0.2, 0.25) is 0 Å². The second kappa shape index (κ2) is 10.3. The molecule has 0 saturated heterocycles. The van der Waals surface area contributed by atoms with Gasteiger partial charge in [0.1, 0.15) is 18.0 Å². The predicted octanol–water partition coefficient (Wildman–Crippen LogP) is 6.17. The summed E-state index contributed by atoms with van der Waals surface area (Å²) in [5.74, 6) is 1.14. The molecule has 0 bridgehead atoms. The van der Waals surface area contributed by atoms with E-state index in [1.165, 1.54) is 19.3 Å². The van der Waals surface area contributed by atoms with Gasteiger partial charge in [-0.1, -0.05) is 61.7 Å². The van der Waals surface area contributed by atoms with E-state index < -0.39 is 15.3 Å². The van der Waals surface area contributed by atoms with Crippen molar-refractivity contribution in [3.8, 4) is 16.9 Å². The molecule has 0 amide bonds. The van der Waals surface area contributed by atoms with E-state index in [9.17, 15) is 8.42 Å². The van der Waals surface area contributed by atoms with Crippen molar-refractivity contribution in [2.45, 2.75) is 63.7 Å². The molecule has 0 unspecified atom stereocenters. The van der Waals surface area contributed by atoms with Crippen molar-refractivity contribution in [1.82, 2.24) is 14.6 Å². The summed E-state index contributed by atoms with van der Waals surface area (Å²) < 4.78 is 35.5. The lowest BCUT2D eigenvalue weighted by molar-refractivity contribution is 0.306. The molecule has 1 saturated carbocycles. The zero-order valence-electron chi connectivity index (χ0n) is 20.7. The minimum absolute atomic E-state index is 0.336. The van der Waals surface area contributed by atoms with Crippen molar-refractivity contribution in [3.63, 3.8) is 0 Å². The van der Waals surface area contributed by atoms with Crippen LogP contribution < -0.4 is 9.46 Å². The van der Waals surface area contributed by atoms with Crippen LogP contribution in [0.15, 0.2) is 67.0 Å². The van der Waals surface area contributed by atoms with Crippen LogP contribution in [0.1, 0.15) is 63.1 Å². The number of nitrogens with one attached hydrogen (secondary N) is 1. The minimum Gasteiger partial charge on any atom is -0.489 e. The van der Waals surface area contributed by atoms with Crippen LogP contribution in [0.3, 0.4) is 0 Å². The lowest BCUT2D eigenvalue weighted by Gasteiger charge is -2.25. The van der Waals surface area contributed by atoms with Gasteiger partial charge in [0.05, 0.1) is 17.1 Å². The maximum Gasteiger partial charge on any atom is 0.235 e. The Bertz CT molecular complexity index is 1430. The highest BCUT2D eigenvalue weighted by Gasteiger charge is 2.26. The molecule has 0 atom stereocenters. The van der Waals surface area contributed by atoms with Gasteiger partial charge in [0.2, 0.25) is 10.0 Å². The summed E-state index contributed by atoms with van der Waals surface area (Å²) in [6.07, 6.45) is 9.18. The second-order valence-electron chi connectivity index (χ2n) is 9.68. The monoisotopic (exact) mass is 504 g/mol. The standard InChI is InChI=1S/C28H32N4O3S/c1-20(2)36(33,34)31-26-18-30-32-27(23-11-7-4-8-12-23)25(17-29-28(26)32)22-13-15-24(16-14-22)35-19-21-9-5-3-6-10-21/h3,5-6,9-10,13-18,20,23,31H,4,7-8,11-12,19H2,1-2H3. The summed E-state index contributed by atoms with van der Waals surface area (Å²) in [6, 6.07) is 18.2. The minimum atomic E-state index is -3.50. The third-order valence-electron chi connectivity index (χ3n) is 6.84. The molecule has 2 aromatic carbocycles. The van der Waals surface area contributed by atoms with E-state index in [-0.39, 0.29) is 0 Å². The van der Waals surface area contributed by atoms with Gasteiger partial charge in [0.25, 0.3) is 0 Å². The van der Waals surface area contributed by atoms with Crippen LogP contribution in [0, 0.1) is 0 Å². The summed E-state index contributed by atoms with van der Waals surface area (Å²) in [5.41, 5.74) is 5.22. The molecule has 0 radical (unpaired) electrons. The van der Waals surface area contributed by atoms with Gasteiger partial charge in [0, 0.05) is 17.7 Å². The van der Waals surface area contributed by atoms with Gasteiger partial charge in [0.15, 0.2) is 5.65 Å². The lowest BCUT2D eigenvalue weighted by atomic mass is 9.84. The first-order chi connectivity index (χ1) is 17.4. The molecule has 2 heterocycles. The fourth-order valence-corrected chi connectivity index (χ4v) is 5.44. The Labute approximate surface area is 212 Å². The van der Waals surface area contributed by atoms with Crippen molar-refractivity contribution in [1.29, 1.82) is 0 Å². The van der Waals surface area contributed by atoms with Crippen LogP contribution in [0.5, 0.6) is 5.75 Å². The van der Waals surface area contributed by atoms with E-state index in [2.05, 4.69) is 26.9 Å². The van der Waals surface area contributed by atoms with Crippen molar-refractivity contribution in [2.75, 3.05) is 4.72 Å². The quantitative estimate of drug-likeness (QED) is 0.310. The third-order valence-corrected chi connectivity index (χ3v) is 8.59. The highest BCUT2D eigenvalue weighted by atomic mass is 32.2. The molecule has 1 fully saturated rings. The zero-order valence-corrected chi connectivity index (χ0v) is 21.5. The van der Waals surface area contributed by atoms with Gasteiger partial charge < -0.3 is 4.74 Å². The molecule has 0 spiro atoms. The van der Waals surface area contributed by atoms with Crippen LogP contribution in [-0.2, 0) is 16.6 Å². The van der Waals surface area contributed by atoms with Gasteiger partial charge in [-0.2, -0.15) is 5.10 Å². The Kier molecular flexibility index (Phi) is 6.96. The van der Waals surface area contributed by atoms with E-state index in [4.69, 9.17) is 4.74 Å². The molecule has 7 nitrogen and oxygen atoms in total. The van der Waals surface area contributed by atoms with Gasteiger partial charge in [-0.05, 0) is 49.9 Å². The first kappa shape index (κ1) is 24.3. The summed E-state index contributed by atoms with van der Waals surface area (Å²) in [7, 11) is -3.50. The maximum absolute atomic E-state index is 12.5. The van der Waals surface area contributed by atoms with Crippen molar-refractivity contribution in [3.05, 3.63) is 78.2 Å². The second-order valence-corrected chi connectivity index (χ2v) is 11.9. The van der Waals surface area contributed by atoms with Crippen molar-refractivity contribution < 1.29 is 13.2 Å². The number of sulfonamides is 1. The van der Waals surface area contributed by atoms with E-state index in [0.717, 1.165) is 41.0 Å². The molecule has 2 aromatic heterocycles. The van der Waals surface area contributed by atoms with E-state index >= 15 is 0 Å². The summed E-state index contributed by atoms with van der Waals surface area (Å²) >= 11 is 0. The number of ether oxygens (including phenoxy) is 1. The molecular formula is C28H32N4O3S. The van der Waals surface area contributed by atoms with Gasteiger partial charge in [-0.15, -0.1) is 0 Å². The average molecular weight is 505 g/mol. The Hall–Kier alpha value is -3.39. The number of anilines is 1. The molecular weight excluding hydrogens is 472 g/mol. The first-order valence-corrected chi connectivity index (χ1v) is 14.1. The predicted molar refractivity (Wildman–Crippen MR) is 143 cm³/mol. The van der Waals surface area contributed by atoms with E-state index in [1.54, 1.807) is 20.0 Å². The molecule has 188 valence electrons. The average Bonchev–Trinajstić information content (AvgIpc) is 3.30. The third kappa shape index (κ3) is 5.09. The number of benzene rings is 2. The normalized spacial score (nSPS) is 14.9. The largest absolute Gasteiger partial charge is 0.489 e. The molecule has 8 heteroatoms. The van der Waals surface area contributed by atoms with Gasteiger partial charge in [-0.3, -0.25) is 4.72 Å². The number of nitrogens with zero attached hydrogens (tertiary/aromatic N) is 3. The summed E-state index contributed by atoms with van der Waals surface area (Å²) in [5, 5.41) is 4.06. The van der Waals surface area contributed by atoms with E-state index in [0.29, 0.717) is 23.9 Å². The van der Waals surface area contributed by atoms with Crippen LogP contribution in [0.25, 0.3) is 16.8 Å². The number of aromatic nitrogens is 3. The highest BCUT2D eigenvalue weighted by Crippen LogP contribution is 2.39. The molecule has 1 N–H and O–H groups in total. The molecule has 4 aromatic rings. The lowest BCUT2D eigenvalue weighted by Crippen LogP contribution is -2.22. The highest BCUT2D eigenvalue weighted by molar-refractivity contribution is 7.93. The van der Waals surface area contributed by atoms with Crippen LogP contribution >= 0.6 is 0 Å². The molecule has 36 heavy (non-hydrogen) atoms. The van der Waals surface area contributed by atoms with Crippen molar-refractivity contribution >= 4 is 21.4 Å². The van der Waals surface area contributed by atoms with Crippen molar-refractivity contribution in [2.24, 2.45) is 0 Å². The van der Waals surface area contributed by atoms with Crippen LogP contribution in [-0.4, -0.2) is 28.3 Å². The van der Waals surface area contributed by atoms with Gasteiger partial charge >= 0.3 is 0 Å². The smallest absolute Gasteiger partial charge is 0.235 e. The molecule has 1 aliphatic carbocycles. The molecule has 5 rings (SSSR count). The molecule has 1 aliphatic rings. The summed E-state index contributed by atoms with van der Waals surface area (Å²) in [6.45, 7) is 3.82. The molecule has 0 aliphatic heterocycles.